The van der Waals surface area contributed by atoms with Gasteiger partial charge in [0.2, 0.25) is 0 Å². The molecule has 0 atom stereocenters. The number of rotatable bonds is 4. The molecule has 1 aliphatic rings. The van der Waals surface area contributed by atoms with Gasteiger partial charge in [-0.3, -0.25) is 0 Å². The average molecular weight is 240 g/mol. The van der Waals surface area contributed by atoms with Gasteiger partial charge in [-0.1, -0.05) is 0 Å². The van der Waals surface area contributed by atoms with E-state index in [1.54, 1.807) is 7.11 Å². The van der Waals surface area contributed by atoms with E-state index in [0.717, 1.165) is 6.42 Å². The van der Waals surface area contributed by atoms with E-state index in [-0.39, 0.29) is 0 Å². The Balaban J connectivity index is 2.47. The number of hydrogen-bond acceptors (Lipinski definition) is 5. The van der Waals surface area contributed by atoms with Gasteiger partial charge in [0, 0.05) is 7.11 Å². The van der Waals surface area contributed by atoms with E-state index in [0.29, 0.717) is 18.7 Å². The first-order valence-corrected chi connectivity index (χ1v) is 5.52. The van der Waals surface area contributed by atoms with Gasteiger partial charge in [0.05, 0.1) is 0 Å². The summed E-state index contributed by atoms with van der Waals surface area (Å²) in [5.41, 5.74) is -1.70. The Bertz CT molecular complexity index is 437. The maximum absolute atomic E-state index is 11.4. The number of tetrazole rings is 1. The summed E-state index contributed by atoms with van der Waals surface area (Å²) in [4.78, 5) is 11.4. The molecule has 1 aromatic rings. The minimum absolute atomic E-state index is 0.446. The summed E-state index contributed by atoms with van der Waals surface area (Å²) in [5, 5.41) is 20.7. The maximum Gasteiger partial charge on any atom is 0.331 e. The molecule has 1 N–H and O–H groups in total. The van der Waals surface area contributed by atoms with Crippen molar-refractivity contribution in [3.05, 3.63) is 5.82 Å². The Morgan fingerprint density at radius 3 is 2.59 bits per heavy atom. The molecular formula is C10H16N4O3. The van der Waals surface area contributed by atoms with Crippen LogP contribution in [0.15, 0.2) is 0 Å². The summed E-state index contributed by atoms with van der Waals surface area (Å²) < 4.78 is 6.72. The summed E-state index contributed by atoms with van der Waals surface area (Å²) in [6.07, 6.45) is 1.99. The van der Waals surface area contributed by atoms with E-state index in [1.165, 1.54) is 4.68 Å². The monoisotopic (exact) mass is 240 g/mol. The number of ether oxygens (including phenoxy) is 1. The molecule has 1 aliphatic carbocycles. The van der Waals surface area contributed by atoms with Crippen molar-refractivity contribution in [2.45, 2.75) is 44.2 Å². The molecule has 0 aliphatic heterocycles. The lowest BCUT2D eigenvalue weighted by Crippen LogP contribution is -2.50. The molecule has 1 fully saturated rings. The first-order chi connectivity index (χ1) is 7.94. The molecule has 7 heteroatoms. The van der Waals surface area contributed by atoms with Gasteiger partial charge in [-0.15, -0.1) is 5.10 Å². The fourth-order valence-electron chi connectivity index (χ4n) is 1.97. The van der Waals surface area contributed by atoms with Crippen LogP contribution in [-0.4, -0.2) is 38.4 Å². The predicted molar refractivity (Wildman–Crippen MR) is 57.3 cm³/mol. The molecule has 2 rings (SSSR count). The van der Waals surface area contributed by atoms with E-state index in [9.17, 15) is 9.90 Å². The van der Waals surface area contributed by atoms with E-state index in [4.69, 9.17) is 4.74 Å². The molecule has 94 valence electrons. The van der Waals surface area contributed by atoms with Crippen molar-refractivity contribution >= 4 is 5.97 Å². The summed E-state index contributed by atoms with van der Waals surface area (Å²) in [6, 6.07) is 0. The third-order valence-electron chi connectivity index (χ3n) is 3.50. The minimum atomic E-state index is -0.991. The Labute approximate surface area is 98.8 Å². The highest BCUT2D eigenvalue weighted by Crippen LogP contribution is 2.40. The molecule has 0 unspecified atom stereocenters. The molecule has 1 saturated carbocycles. The second-order valence-corrected chi connectivity index (χ2v) is 4.82. The predicted octanol–water partition coefficient (Wildman–Crippen LogP) is 0.518. The van der Waals surface area contributed by atoms with Crippen LogP contribution in [-0.2, 0) is 20.7 Å². The Morgan fingerprint density at radius 1 is 1.53 bits per heavy atom. The van der Waals surface area contributed by atoms with Crippen LogP contribution in [0.2, 0.25) is 0 Å². The van der Waals surface area contributed by atoms with E-state index >= 15 is 0 Å². The standard InChI is InChI=1S/C10H16N4O3/c1-9(2,17-3)7-11-12-13-14(7)10(8(15)16)5-4-6-10/h4-6H2,1-3H3,(H,15,16). The van der Waals surface area contributed by atoms with Crippen LogP contribution in [0.4, 0.5) is 0 Å². The van der Waals surface area contributed by atoms with Gasteiger partial charge >= 0.3 is 5.97 Å². The summed E-state index contributed by atoms with van der Waals surface area (Å²) >= 11 is 0. The summed E-state index contributed by atoms with van der Waals surface area (Å²) in [7, 11) is 1.55. The molecule has 0 bridgehead atoms. The van der Waals surface area contributed by atoms with Crippen molar-refractivity contribution in [3.8, 4) is 0 Å². The molecule has 0 aromatic carbocycles. The smallest absolute Gasteiger partial charge is 0.331 e. The lowest BCUT2D eigenvalue weighted by molar-refractivity contribution is -0.154. The third kappa shape index (κ3) is 1.61. The van der Waals surface area contributed by atoms with Gasteiger partial charge in [-0.05, 0) is 43.5 Å². The Hall–Kier alpha value is -1.50. The van der Waals surface area contributed by atoms with Gasteiger partial charge in [0.1, 0.15) is 5.60 Å². The zero-order chi connectivity index (χ0) is 12.7. The molecule has 0 spiro atoms. The van der Waals surface area contributed by atoms with E-state index < -0.39 is 17.1 Å². The van der Waals surface area contributed by atoms with Gasteiger partial charge in [0.25, 0.3) is 0 Å². The van der Waals surface area contributed by atoms with Gasteiger partial charge < -0.3 is 9.84 Å². The second-order valence-electron chi connectivity index (χ2n) is 4.82. The number of methoxy groups -OCH3 is 1. The normalized spacial score (nSPS) is 18.8. The molecule has 0 radical (unpaired) electrons. The molecular weight excluding hydrogens is 224 g/mol. The van der Waals surface area contributed by atoms with E-state index in [2.05, 4.69) is 15.5 Å². The average Bonchev–Trinajstić information content (AvgIpc) is 2.65. The topological polar surface area (TPSA) is 90.1 Å². The van der Waals surface area contributed by atoms with Crippen LogP contribution in [0, 0.1) is 0 Å². The lowest BCUT2D eigenvalue weighted by Gasteiger charge is -2.39. The number of hydrogen-bond donors (Lipinski definition) is 1. The second kappa shape index (κ2) is 3.76. The first kappa shape index (κ1) is 12.0. The van der Waals surface area contributed by atoms with Crippen LogP contribution in [0.5, 0.6) is 0 Å². The highest BCUT2D eigenvalue weighted by atomic mass is 16.5. The minimum Gasteiger partial charge on any atom is -0.479 e. The number of aliphatic carboxylic acids is 1. The van der Waals surface area contributed by atoms with Crippen LogP contribution in [0.25, 0.3) is 0 Å². The van der Waals surface area contributed by atoms with Crippen molar-refractivity contribution in [1.82, 2.24) is 20.2 Å². The fraction of sp³-hybridized carbons (Fsp3) is 0.800. The van der Waals surface area contributed by atoms with Crippen LogP contribution in [0.1, 0.15) is 38.9 Å². The van der Waals surface area contributed by atoms with Crippen LogP contribution < -0.4 is 0 Å². The molecule has 1 aromatic heterocycles. The highest BCUT2D eigenvalue weighted by molar-refractivity contribution is 5.77. The third-order valence-corrected chi connectivity index (χ3v) is 3.50. The Kier molecular flexibility index (Phi) is 2.65. The summed E-state index contributed by atoms with van der Waals surface area (Å²) in [5.74, 6) is -0.439. The quantitative estimate of drug-likeness (QED) is 0.825. The van der Waals surface area contributed by atoms with Gasteiger partial charge in [0.15, 0.2) is 11.4 Å². The van der Waals surface area contributed by atoms with Gasteiger partial charge in [-0.2, -0.15) is 0 Å². The van der Waals surface area contributed by atoms with Crippen LogP contribution in [0.3, 0.4) is 0 Å². The highest BCUT2D eigenvalue weighted by Gasteiger charge is 2.50. The summed E-state index contributed by atoms with van der Waals surface area (Å²) in [6.45, 7) is 3.62. The van der Waals surface area contributed by atoms with Crippen molar-refractivity contribution < 1.29 is 14.6 Å². The number of carboxylic acids is 1. The van der Waals surface area contributed by atoms with Crippen molar-refractivity contribution in [3.63, 3.8) is 0 Å². The lowest BCUT2D eigenvalue weighted by atomic mass is 9.76. The first-order valence-electron chi connectivity index (χ1n) is 5.52. The molecule has 0 amide bonds. The SMILES string of the molecule is COC(C)(C)c1nnnn1C1(C(=O)O)CCC1. The molecule has 1 heterocycles. The number of aromatic nitrogens is 4. The molecule has 7 nitrogen and oxygen atoms in total. The van der Waals surface area contributed by atoms with E-state index in [1.807, 2.05) is 13.8 Å². The molecule has 0 saturated heterocycles. The zero-order valence-electron chi connectivity index (χ0n) is 10.2. The van der Waals surface area contributed by atoms with Crippen molar-refractivity contribution in [1.29, 1.82) is 0 Å². The maximum atomic E-state index is 11.4. The number of carboxylic acid groups (broad SMARTS) is 1. The van der Waals surface area contributed by atoms with Gasteiger partial charge in [-0.25, -0.2) is 9.48 Å². The number of carbonyl (C=O) groups is 1. The zero-order valence-corrected chi connectivity index (χ0v) is 10.2. The molecule has 17 heavy (non-hydrogen) atoms. The van der Waals surface area contributed by atoms with Crippen LogP contribution >= 0.6 is 0 Å². The Morgan fingerprint density at radius 2 is 2.18 bits per heavy atom. The largest absolute Gasteiger partial charge is 0.479 e. The fourth-order valence-corrected chi connectivity index (χ4v) is 1.97. The number of nitrogens with zero attached hydrogens (tertiary/aromatic N) is 4. The van der Waals surface area contributed by atoms with Crippen molar-refractivity contribution in [2.24, 2.45) is 0 Å². The van der Waals surface area contributed by atoms with Crippen molar-refractivity contribution in [2.75, 3.05) is 7.11 Å².